The molecule has 0 spiro atoms. The Morgan fingerprint density at radius 1 is 1.17 bits per heavy atom. The Labute approximate surface area is 143 Å². The molecule has 0 aliphatic heterocycles. The Morgan fingerprint density at radius 3 is 2.50 bits per heavy atom. The van der Waals surface area contributed by atoms with Crippen LogP contribution in [0.3, 0.4) is 0 Å². The number of nitrogens with one attached hydrogen (secondary N) is 1. The Hall–Kier alpha value is -1.69. The van der Waals surface area contributed by atoms with Gasteiger partial charge >= 0.3 is 0 Å². The van der Waals surface area contributed by atoms with Crippen molar-refractivity contribution in [2.45, 2.75) is 36.3 Å². The average Bonchev–Trinajstić information content (AvgIpc) is 2.90. The molecule has 0 aromatic heterocycles. The maximum atomic E-state index is 11.5. The Kier molecular flexibility index (Phi) is 4.51. The van der Waals surface area contributed by atoms with Gasteiger partial charge in [-0.15, -0.1) is 0 Å². The van der Waals surface area contributed by atoms with E-state index in [-0.39, 0.29) is 6.04 Å². The first-order valence-corrected chi connectivity index (χ1v) is 10.0. The van der Waals surface area contributed by atoms with Crippen LogP contribution >= 0.6 is 0 Å². The quantitative estimate of drug-likeness (QED) is 0.874. The van der Waals surface area contributed by atoms with E-state index in [1.807, 2.05) is 37.3 Å². The van der Waals surface area contributed by atoms with Crippen molar-refractivity contribution in [3.05, 3.63) is 65.2 Å². The van der Waals surface area contributed by atoms with E-state index in [1.54, 1.807) is 12.1 Å². The molecule has 3 rings (SSSR count). The van der Waals surface area contributed by atoms with Gasteiger partial charge in [-0.3, -0.25) is 0 Å². The van der Waals surface area contributed by atoms with Crippen molar-refractivity contribution >= 4 is 9.84 Å². The van der Waals surface area contributed by atoms with Crippen LogP contribution < -0.4 is 5.32 Å². The number of sulfone groups is 1. The predicted octanol–water partition coefficient (Wildman–Crippen LogP) is 2.57. The molecule has 0 fully saturated rings. The summed E-state index contributed by atoms with van der Waals surface area (Å²) in [4.78, 5) is 0.321. The van der Waals surface area contributed by atoms with Crippen LogP contribution in [0.15, 0.2) is 53.4 Å². The second kappa shape index (κ2) is 6.31. The normalized spacial score (nSPS) is 21.5. The van der Waals surface area contributed by atoms with E-state index in [1.165, 1.54) is 11.8 Å². The average molecular weight is 345 g/mol. The summed E-state index contributed by atoms with van der Waals surface area (Å²) in [7, 11) is -3.17. The van der Waals surface area contributed by atoms with Gasteiger partial charge in [0.15, 0.2) is 9.84 Å². The van der Waals surface area contributed by atoms with Crippen LogP contribution in [0.2, 0.25) is 0 Å². The molecule has 2 unspecified atom stereocenters. The van der Waals surface area contributed by atoms with E-state index < -0.39 is 15.4 Å². The van der Waals surface area contributed by atoms with Gasteiger partial charge in [0.1, 0.15) is 5.60 Å². The SMILES string of the molecule is CC(NCC1(O)CCc2ccccc21)c1ccc(S(C)(=O)=O)cc1. The second-order valence-electron chi connectivity index (χ2n) is 6.63. The smallest absolute Gasteiger partial charge is 0.175 e. The first-order valence-electron chi connectivity index (χ1n) is 8.14. The van der Waals surface area contributed by atoms with Crippen LogP contribution in [0.1, 0.15) is 36.1 Å². The topological polar surface area (TPSA) is 66.4 Å². The molecule has 0 amide bonds. The molecule has 2 atom stereocenters. The summed E-state index contributed by atoms with van der Waals surface area (Å²) in [5.74, 6) is 0. The second-order valence-corrected chi connectivity index (χ2v) is 8.65. The number of hydrogen-bond donors (Lipinski definition) is 2. The molecule has 0 radical (unpaired) electrons. The first-order chi connectivity index (χ1) is 11.3. The van der Waals surface area contributed by atoms with Crippen LogP contribution in [0.4, 0.5) is 0 Å². The third kappa shape index (κ3) is 3.38. The predicted molar refractivity (Wildman–Crippen MR) is 94.6 cm³/mol. The molecule has 4 nitrogen and oxygen atoms in total. The third-order valence-corrected chi connectivity index (χ3v) is 5.96. The number of rotatable bonds is 5. The molecular formula is C19H23NO3S. The van der Waals surface area contributed by atoms with Gasteiger partial charge in [0.25, 0.3) is 0 Å². The molecule has 1 aliphatic rings. The zero-order chi connectivity index (χ0) is 17.4. The summed E-state index contributed by atoms with van der Waals surface area (Å²) in [5, 5.41) is 14.3. The Balaban J connectivity index is 1.69. The van der Waals surface area contributed by atoms with Crippen molar-refractivity contribution in [3.63, 3.8) is 0 Å². The van der Waals surface area contributed by atoms with Crippen LogP contribution in [-0.2, 0) is 21.9 Å². The highest BCUT2D eigenvalue weighted by atomic mass is 32.2. The highest BCUT2D eigenvalue weighted by Crippen LogP contribution is 2.36. The summed E-state index contributed by atoms with van der Waals surface area (Å²) in [6.45, 7) is 2.48. The van der Waals surface area contributed by atoms with Gasteiger partial charge in [0.2, 0.25) is 0 Å². The molecule has 5 heteroatoms. The van der Waals surface area contributed by atoms with Gasteiger partial charge in [0.05, 0.1) is 4.90 Å². The van der Waals surface area contributed by atoms with E-state index in [0.717, 1.165) is 24.0 Å². The van der Waals surface area contributed by atoms with E-state index in [9.17, 15) is 13.5 Å². The molecule has 0 saturated carbocycles. The minimum Gasteiger partial charge on any atom is -0.384 e. The van der Waals surface area contributed by atoms with Gasteiger partial charge in [-0.25, -0.2) is 8.42 Å². The Bertz CT molecular complexity index is 830. The molecular weight excluding hydrogens is 322 g/mol. The van der Waals surface area contributed by atoms with Gasteiger partial charge in [-0.1, -0.05) is 36.4 Å². The molecule has 2 aromatic rings. The van der Waals surface area contributed by atoms with Crippen molar-refractivity contribution < 1.29 is 13.5 Å². The standard InChI is InChI=1S/C19H23NO3S/c1-14(15-7-9-17(10-8-15)24(2,22)23)20-13-19(21)12-11-16-5-3-4-6-18(16)19/h3-10,14,20-21H,11-13H2,1-2H3. The lowest BCUT2D eigenvalue weighted by atomic mass is 9.95. The van der Waals surface area contributed by atoms with Gasteiger partial charge < -0.3 is 10.4 Å². The van der Waals surface area contributed by atoms with E-state index >= 15 is 0 Å². The maximum Gasteiger partial charge on any atom is 0.175 e. The molecule has 24 heavy (non-hydrogen) atoms. The monoisotopic (exact) mass is 345 g/mol. The van der Waals surface area contributed by atoms with Crippen molar-refractivity contribution in [1.29, 1.82) is 0 Å². The Morgan fingerprint density at radius 2 is 1.83 bits per heavy atom. The van der Waals surface area contributed by atoms with Crippen LogP contribution in [0.5, 0.6) is 0 Å². The fourth-order valence-electron chi connectivity index (χ4n) is 3.30. The van der Waals surface area contributed by atoms with Gasteiger partial charge in [-0.05, 0) is 48.6 Å². The van der Waals surface area contributed by atoms with Gasteiger partial charge in [-0.2, -0.15) is 0 Å². The van der Waals surface area contributed by atoms with E-state index in [2.05, 4.69) is 11.4 Å². The number of aliphatic hydroxyl groups is 1. The van der Waals surface area contributed by atoms with Crippen LogP contribution in [0, 0.1) is 0 Å². The zero-order valence-corrected chi connectivity index (χ0v) is 14.8. The highest BCUT2D eigenvalue weighted by Gasteiger charge is 2.36. The van der Waals surface area contributed by atoms with E-state index in [0.29, 0.717) is 11.4 Å². The summed E-state index contributed by atoms with van der Waals surface area (Å²) in [6, 6.07) is 14.9. The fourth-order valence-corrected chi connectivity index (χ4v) is 3.93. The first kappa shape index (κ1) is 17.1. The van der Waals surface area contributed by atoms with Gasteiger partial charge in [0, 0.05) is 18.8 Å². The number of aryl methyl sites for hydroxylation is 1. The lowest BCUT2D eigenvalue weighted by Gasteiger charge is -2.27. The molecule has 0 heterocycles. The van der Waals surface area contributed by atoms with Crippen LogP contribution in [0.25, 0.3) is 0 Å². The summed E-state index contributed by atoms with van der Waals surface area (Å²) in [6.07, 6.45) is 2.82. The molecule has 0 saturated heterocycles. The lowest BCUT2D eigenvalue weighted by Crippen LogP contribution is -2.37. The van der Waals surface area contributed by atoms with Crippen molar-refractivity contribution in [2.75, 3.05) is 12.8 Å². The lowest BCUT2D eigenvalue weighted by molar-refractivity contribution is 0.0363. The van der Waals surface area contributed by atoms with Crippen molar-refractivity contribution in [3.8, 4) is 0 Å². The molecule has 2 aromatic carbocycles. The largest absolute Gasteiger partial charge is 0.384 e. The summed E-state index contributed by atoms with van der Waals surface area (Å²) >= 11 is 0. The van der Waals surface area contributed by atoms with Crippen molar-refractivity contribution in [1.82, 2.24) is 5.32 Å². The number of benzene rings is 2. The molecule has 128 valence electrons. The molecule has 0 bridgehead atoms. The molecule has 1 aliphatic carbocycles. The third-order valence-electron chi connectivity index (χ3n) is 4.84. The van der Waals surface area contributed by atoms with E-state index in [4.69, 9.17) is 0 Å². The minimum atomic E-state index is -3.17. The number of hydrogen-bond acceptors (Lipinski definition) is 4. The molecule has 2 N–H and O–H groups in total. The zero-order valence-electron chi connectivity index (χ0n) is 14.0. The highest BCUT2D eigenvalue weighted by molar-refractivity contribution is 7.90. The number of fused-ring (bicyclic) bond motifs is 1. The van der Waals surface area contributed by atoms with Crippen LogP contribution in [-0.4, -0.2) is 26.3 Å². The fraction of sp³-hybridized carbons (Fsp3) is 0.368. The summed E-state index contributed by atoms with van der Waals surface area (Å²) < 4.78 is 23.0. The summed E-state index contributed by atoms with van der Waals surface area (Å²) in [5.41, 5.74) is 2.39. The maximum absolute atomic E-state index is 11.5. The van der Waals surface area contributed by atoms with Crippen molar-refractivity contribution in [2.24, 2.45) is 0 Å². The minimum absolute atomic E-state index is 0.0235.